The molecule has 1 aromatic heterocycles. The van der Waals surface area contributed by atoms with Gasteiger partial charge in [-0.25, -0.2) is 12.8 Å². The van der Waals surface area contributed by atoms with Gasteiger partial charge in [0.15, 0.2) is 0 Å². The molecule has 2 aromatic rings. The van der Waals surface area contributed by atoms with E-state index in [4.69, 9.17) is 5.73 Å². The summed E-state index contributed by atoms with van der Waals surface area (Å²) in [5, 5.41) is 1.55. The highest BCUT2D eigenvalue weighted by Crippen LogP contribution is 2.25. The first kappa shape index (κ1) is 12.8. The van der Waals surface area contributed by atoms with Crippen molar-refractivity contribution in [1.82, 2.24) is 0 Å². The number of thiophene rings is 1. The molecule has 4 nitrogen and oxygen atoms in total. The molecule has 0 saturated heterocycles. The Morgan fingerprint density at radius 1 is 1.33 bits per heavy atom. The lowest BCUT2D eigenvalue weighted by atomic mass is 10.2. The molecule has 2 rings (SSSR count). The van der Waals surface area contributed by atoms with E-state index >= 15 is 0 Å². The zero-order valence-electron chi connectivity index (χ0n) is 9.48. The third-order valence-corrected chi connectivity index (χ3v) is 5.12. The highest BCUT2D eigenvalue weighted by molar-refractivity contribution is 7.94. The second-order valence-electron chi connectivity index (χ2n) is 3.76. The van der Waals surface area contributed by atoms with Crippen molar-refractivity contribution in [1.29, 1.82) is 0 Å². The monoisotopic (exact) mass is 286 g/mol. The minimum absolute atomic E-state index is 0.128. The van der Waals surface area contributed by atoms with Crippen LogP contribution in [0.3, 0.4) is 0 Å². The Balaban J connectivity index is 2.33. The number of anilines is 2. The first-order chi connectivity index (χ1) is 8.38. The summed E-state index contributed by atoms with van der Waals surface area (Å²) in [4.78, 5) is 0. The molecule has 0 spiro atoms. The van der Waals surface area contributed by atoms with Crippen LogP contribution in [0.1, 0.15) is 5.56 Å². The third kappa shape index (κ3) is 2.62. The largest absolute Gasteiger partial charge is 0.398 e. The number of nitrogens with two attached hydrogens (primary N) is 1. The lowest BCUT2D eigenvalue weighted by Crippen LogP contribution is -2.12. The molecule has 3 N–H and O–H groups in total. The van der Waals surface area contributed by atoms with Crippen molar-refractivity contribution in [2.75, 3.05) is 10.5 Å². The zero-order valence-corrected chi connectivity index (χ0v) is 11.1. The standard InChI is InChI=1S/C11H11FN2O2S2/c1-7-4-8(12)2-3-10(7)14-18(15,16)11-5-9(13)6-17-11/h2-6,14H,13H2,1H3. The van der Waals surface area contributed by atoms with Crippen molar-refractivity contribution in [3.63, 3.8) is 0 Å². The van der Waals surface area contributed by atoms with Gasteiger partial charge < -0.3 is 5.73 Å². The predicted octanol–water partition coefficient (Wildman–Crippen LogP) is 2.58. The van der Waals surface area contributed by atoms with E-state index in [1.807, 2.05) is 0 Å². The van der Waals surface area contributed by atoms with E-state index in [0.29, 0.717) is 16.9 Å². The molecule has 0 bridgehead atoms. The average molecular weight is 286 g/mol. The van der Waals surface area contributed by atoms with E-state index in [1.165, 1.54) is 24.3 Å². The number of hydrogen-bond acceptors (Lipinski definition) is 4. The first-order valence-electron chi connectivity index (χ1n) is 5.01. The zero-order chi connectivity index (χ0) is 13.3. The Kier molecular flexibility index (Phi) is 3.27. The maximum atomic E-state index is 12.9. The SMILES string of the molecule is Cc1cc(F)ccc1NS(=O)(=O)c1cc(N)cs1. The van der Waals surface area contributed by atoms with E-state index in [1.54, 1.807) is 12.3 Å². The van der Waals surface area contributed by atoms with Crippen LogP contribution in [0.5, 0.6) is 0 Å². The Hall–Kier alpha value is -1.60. The van der Waals surface area contributed by atoms with Gasteiger partial charge in [0, 0.05) is 11.1 Å². The summed E-state index contributed by atoms with van der Waals surface area (Å²) >= 11 is 1.04. The molecule has 0 fully saturated rings. The summed E-state index contributed by atoms with van der Waals surface area (Å²) in [5.74, 6) is -0.407. The Bertz CT molecular complexity index is 680. The van der Waals surface area contributed by atoms with Crippen molar-refractivity contribution < 1.29 is 12.8 Å². The summed E-state index contributed by atoms with van der Waals surface area (Å²) in [7, 11) is -3.66. The van der Waals surface area contributed by atoms with Crippen molar-refractivity contribution in [3.8, 4) is 0 Å². The van der Waals surface area contributed by atoms with Crippen LogP contribution in [0.2, 0.25) is 0 Å². The van der Waals surface area contributed by atoms with Crippen LogP contribution in [0.25, 0.3) is 0 Å². The molecule has 0 saturated carbocycles. The number of benzene rings is 1. The highest BCUT2D eigenvalue weighted by atomic mass is 32.2. The van der Waals surface area contributed by atoms with Gasteiger partial charge in [-0.1, -0.05) is 0 Å². The molecule has 0 amide bonds. The lowest BCUT2D eigenvalue weighted by molar-refractivity contribution is 0.603. The third-order valence-electron chi connectivity index (χ3n) is 2.29. The molecular weight excluding hydrogens is 275 g/mol. The molecule has 0 unspecified atom stereocenters. The summed E-state index contributed by atoms with van der Waals surface area (Å²) in [5.41, 5.74) is 6.75. The van der Waals surface area contributed by atoms with E-state index in [9.17, 15) is 12.8 Å². The number of aryl methyl sites for hydroxylation is 1. The van der Waals surface area contributed by atoms with Gasteiger partial charge in [0.05, 0.1) is 5.69 Å². The molecular formula is C11H11FN2O2S2. The molecule has 0 aliphatic heterocycles. The van der Waals surface area contributed by atoms with Gasteiger partial charge in [-0.15, -0.1) is 11.3 Å². The molecule has 0 aliphatic carbocycles. The van der Waals surface area contributed by atoms with Crippen molar-refractivity contribution in [2.24, 2.45) is 0 Å². The molecule has 96 valence electrons. The minimum atomic E-state index is -3.66. The van der Waals surface area contributed by atoms with Crippen LogP contribution in [0.4, 0.5) is 15.8 Å². The van der Waals surface area contributed by atoms with Crippen molar-refractivity contribution in [3.05, 3.63) is 41.0 Å². The smallest absolute Gasteiger partial charge is 0.271 e. The fourth-order valence-electron chi connectivity index (χ4n) is 1.41. The number of halogens is 1. The second-order valence-corrected chi connectivity index (χ2v) is 6.58. The molecule has 1 aromatic carbocycles. The van der Waals surface area contributed by atoms with Gasteiger partial charge in [-0.2, -0.15) is 0 Å². The molecule has 0 atom stereocenters. The summed E-state index contributed by atoms with van der Waals surface area (Å²) in [6, 6.07) is 5.24. The molecule has 18 heavy (non-hydrogen) atoms. The van der Waals surface area contributed by atoms with Gasteiger partial charge in [-0.05, 0) is 36.8 Å². The molecule has 0 aliphatic rings. The number of hydrogen-bond donors (Lipinski definition) is 2. The van der Waals surface area contributed by atoms with Gasteiger partial charge in [-0.3, -0.25) is 4.72 Å². The van der Waals surface area contributed by atoms with Crippen molar-refractivity contribution >= 4 is 32.7 Å². The van der Waals surface area contributed by atoms with Crippen LogP contribution >= 0.6 is 11.3 Å². The number of nitrogens with one attached hydrogen (secondary N) is 1. The Morgan fingerprint density at radius 3 is 2.61 bits per heavy atom. The highest BCUT2D eigenvalue weighted by Gasteiger charge is 2.17. The lowest BCUT2D eigenvalue weighted by Gasteiger charge is -2.08. The Labute approximate surface area is 108 Å². The topological polar surface area (TPSA) is 72.2 Å². The Morgan fingerprint density at radius 2 is 2.06 bits per heavy atom. The summed E-state index contributed by atoms with van der Waals surface area (Å²) in [6.45, 7) is 1.63. The first-order valence-corrected chi connectivity index (χ1v) is 7.38. The fourth-order valence-corrected chi connectivity index (χ4v) is 3.62. The average Bonchev–Trinajstić information content (AvgIpc) is 2.70. The summed E-state index contributed by atoms with van der Waals surface area (Å²) in [6.07, 6.45) is 0. The predicted molar refractivity (Wildman–Crippen MR) is 70.7 cm³/mol. The van der Waals surface area contributed by atoms with E-state index in [2.05, 4.69) is 4.72 Å². The fraction of sp³-hybridized carbons (Fsp3) is 0.0909. The van der Waals surface area contributed by atoms with Crippen LogP contribution in [0.15, 0.2) is 33.9 Å². The number of rotatable bonds is 3. The normalized spacial score (nSPS) is 11.4. The second kappa shape index (κ2) is 4.58. The molecule has 0 radical (unpaired) electrons. The van der Waals surface area contributed by atoms with E-state index < -0.39 is 15.8 Å². The number of nitrogen functional groups attached to an aromatic ring is 1. The van der Waals surface area contributed by atoms with Gasteiger partial charge in [0.1, 0.15) is 10.0 Å². The molecule has 7 heteroatoms. The van der Waals surface area contributed by atoms with E-state index in [0.717, 1.165) is 11.3 Å². The quantitative estimate of drug-likeness (QED) is 0.911. The van der Waals surface area contributed by atoms with Gasteiger partial charge in [0.25, 0.3) is 10.0 Å². The molecule has 1 heterocycles. The van der Waals surface area contributed by atoms with Gasteiger partial charge in [0.2, 0.25) is 0 Å². The maximum Gasteiger partial charge on any atom is 0.271 e. The number of sulfonamides is 1. The minimum Gasteiger partial charge on any atom is -0.398 e. The van der Waals surface area contributed by atoms with E-state index in [-0.39, 0.29) is 4.21 Å². The van der Waals surface area contributed by atoms with Gasteiger partial charge >= 0.3 is 0 Å². The van der Waals surface area contributed by atoms with Crippen molar-refractivity contribution in [2.45, 2.75) is 11.1 Å². The van der Waals surface area contributed by atoms with Crippen LogP contribution in [0, 0.1) is 12.7 Å². The van der Waals surface area contributed by atoms with Crippen LogP contribution in [-0.2, 0) is 10.0 Å². The van der Waals surface area contributed by atoms with Crippen LogP contribution < -0.4 is 10.5 Å². The maximum absolute atomic E-state index is 12.9. The summed E-state index contributed by atoms with van der Waals surface area (Å²) < 4.78 is 39.5. The van der Waals surface area contributed by atoms with Crippen LogP contribution in [-0.4, -0.2) is 8.42 Å².